The fraction of sp³-hybridized carbons (Fsp3) is 0.286. The van der Waals surface area contributed by atoms with Crippen molar-refractivity contribution in [2.75, 3.05) is 0 Å². The molecule has 2 heterocycles. The van der Waals surface area contributed by atoms with E-state index in [9.17, 15) is 4.79 Å². The van der Waals surface area contributed by atoms with Crippen LogP contribution in [0.1, 0.15) is 25.1 Å². The first-order valence-electron chi connectivity index (χ1n) is 6.01. The average molecular weight is 261 g/mol. The van der Waals surface area contributed by atoms with Crippen molar-refractivity contribution in [3.05, 3.63) is 46.5 Å². The summed E-state index contributed by atoms with van der Waals surface area (Å²) < 4.78 is 1.72. The van der Waals surface area contributed by atoms with Crippen LogP contribution >= 0.6 is 12.4 Å². The second-order valence-electron chi connectivity index (χ2n) is 4.95. The molecular formula is C14H13ClN2O. The number of hydrogen-bond donors (Lipinski definition) is 0. The topological polar surface area (TPSA) is 34.9 Å². The quantitative estimate of drug-likeness (QED) is 0.730. The Bertz CT molecular complexity index is 713. The molecule has 2 aromatic rings. The first kappa shape index (κ1) is 11.5. The van der Waals surface area contributed by atoms with Gasteiger partial charge in [0, 0.05) is 11.6 Å². The van der Waals surface area contributed by atoms with Gasteiger partial charge in [0.1, 0.15) is 5.82 Å². The van der Waals surface area contributed by atoms with Crippen LogP contribution < -0.4 is 5.56 Å². The van der Waals surface area contributed by atoms with Crippen LogP contribution in [0.4, 0.5) is 0 Å². The fourth-order valence-corrected chi connectivity index (χ4v) is 2.88. The summed E-state index contributed by atoms with van der Waals surface area (Å²) >= 11 is 0. The molecule has 1 aliphatic heterocycles. The minimum atomic E-state index is 0. The molecule has 4 rings (SSSR count). The van der Waals surface area contributed by atoms with E-state index in [0.29, 0.717) is 5.39 Å². The summed E-state index contributed by atoms with van der Waals surface area (Å²) in [6, 6.07) is 7.58. The summed E-state index contributed by atoms with van der Waals surface area (Å²) in [5, 5.41) is 0.706. The molecule has 2 aliphatic rings. The Morgan fingerprint density at radius 3 is 2.72 bits per heavy atom. The van der Waals surface area contributed by atoms with Crippen molar-refractivity contribution in [2.24, 2.45) is 0 Å². The van der Waals surface area contributed by atoms with Gasteiger partial charge in [0.25, 0.3) is 5.56 Å². The largest absolute Gasteiger partial charge is 0.271 e. The monoisotopic (exact) mass is 260 g/mol. The molecule has 4 heteroatoms. The maximum absolute atomic E-state index is 12.3. The normalized spacial score (nSPS) is 18.4. The van der Waals surface area contributed by atoms with Gasteiger partial charge in [-0.2, -0.15) is 0 Å². The summed E-state index contributed by atoms with van der Waals surface area (Å²) in [5.74, 6) is 0.937. The molecule has 1 spiro atoms. The molecule has 0 unspecified atom stereocenters. The molecule has 3 nitrogen and oxygen atoms in total. The molecule has 1 saturated carbocycles. The third-order valence-corrected chi connectivity index (χ3v) is 4.04. The fourth-order valence-electron chi connectivity index (χ4n) is 2.88. The number of rotatable bonds is 0. The molecular weight excluding hydrogens is 248 g/mol. The number of nitrogens with zero attached hydrogens (tertiary/aromatic N) is 2. The Morgan fingerprint density at radius 2 is 2.00 bits per heavy atom. The zero-order chi connectivity index (χ0) is 11.5. The predicted octanol–water partition coefficient (Wildman–Crippen LogP) is 2.72. The van der Waals surface area contributed by atoms with Gasteiger partial charge < -0.3 is 0 Å². The standard InChI is InChI=1S/C14H12N2O.ClH/c17-12-10-4-1-2-5-11(10)15-13-14(6-3-7-14)8-9-16(12)13;/h1-2,4-5,8-9H,3,6-7H2;1H. The van der Waals surface area contributed by atoms with Gasteiger partial charge in [0.2, 0.25) is 0 Å². The van der Waals surface area contributed by atoms with E-state index in [1.165, 1.54) is 6.42 Å². The van der Waals surface area contributed by atoms with Gasteiger partial charge in [-0.1, -0.05) is 24.6 Å². The molecule has 0 bridgehead atoms. The van der Waals surface area contributed by atoms with Gasteiger partial charge in [-0.05, 0) is 25.0 Å². The molecule has 92 valence electrons. The highest BCUT2D eigenvalue weighted by molar-refractivity contribution is 5.85. The van der Waals surface area contributed by atoms with E-state index in [1.807, 2.05) is 30.5 Å². The van der Waals surface area contributed by atoms with Crippen LogP contribution in [0, 0.1) is 0 Å². The van der Waals surface area contributed by atoms with E-state index < -0.39 is 0 Å². The maximum atomic E-state index is 12.3. The number of benzene rings is 1. The number of hydrogen-bond acceptors (Lipinski definition) is 2. The average Bonchev–Trinajstić information content (AvgIpc) is 2.69. The number of allylic oxidation sites excluding steroid dienone is 1. The van der Waals surface area contributed by atoms with Crippen molar-refractivity contribution in [1.82, 2.24) is 9.55 Å². The van der Waals surface area contributed by atoms with Gasteiger partial charge in [-0.15, -0.1) is 12.4 Å². The highest BCUT2D eigenvalue weighted by Gasteiger charge is 2.43. The summed E-state index contributed by atoms with van der Waals surface area (Å²) in [5.41, 5.74) is 0.938. The zero-order valence-electron chi connectivity index (χ0n) is 9.80. The smallest absolute Gasteiger partial charge is 0.265 e. The molecule has 0 saturated heterocycles. The summed E-state index contributed by atoms with van der Waals surface area (Å²) in [6.07, 6.45) is 7.52. The Kier molecular flexibility index (Phi) is 2.35. The van der Waals surface area contributed by atoms with Crippen LogP contribution in [0.5, 0.6) is 0 Å². The number of fused-ring (bicyclic) bond motifs is 3. The molecule has 1 fully saturated rings. The molecule has 1 aliphatic carbocycles. The lowest BCUT2D eigenvalue weighted by molar-refractivity contribution is 0.303. The van der Waals surface area contributed by atoms with Crippen molar-refractivity contribution in [2.45, 2.75) is 24.7 Å². The van der Waals surface area contributed by atoms with Crippen molar-refractivity contribution < 1.29 is 0 Å². The number of halogens is 1. The summed E-state index contributed by atoms with van der Waals surface area (Å²) in [7, 11) is 0. The first-order valence-corrected chi connectivity index (χ1v) is 6.01. The summed E-state index contributed by atoms with van der Waals surface area (Å²) in [6.45, 7) is 0. The number of para-hydroxylation sites is 1. The van der Waals surface area contributed by atoms with E-state index in [0.717, 1.165) is 24.2 Å². The molecule has 1 aromatic heterocycles. The maximum Gasteiger partial charge on any atom is 0.265 e. The van der Waals surface area contributed by atoms with E-state index >= 15 is 0 Å². The second kappa shape index (κ2) is 3.69. The zero-order valence-corrected chi connectivity index (χ0v) is 10.6. The van der Waals surface area contributed by atoms with Crippen LogP contribution in [-0.4, -0.2) is 9.55 Å². The Hall–Kier alpha value is -1.61. The Labute approximate surface area is 111 Å². The predicted molar refractivity (Wildman–Crippen MR) is 74.1 cm³/mol. The minimum absolute atomic E-state index is 0. The molecule has 18 heavy (non-hydrogen) atoms. The molecule has 0 amide bonds. The van der Waals surface area contributed by atoms with Gasteiger partial charge >= 0.3 is 0 Å². The first-order chi connectivity index (χ1) is 8.30. The van der Waals surface area contributed by atoms with Crippen LogP contribution in [0.2, 0.25) is 0 Å². The van der Waals surface area contributed by atoms with E-state index in [1.54, 1.807) is 4.57 Å². The second-order valence-corrected chi connectivity index (χ2v) is 4.95. The van der Waals surface area contributed by atoms with Gasteiger partial charge in [-0.3, -0.25) is 9.36 Å². The van der Waals surface area contributed by atoms with Gasteiger partial charge in [0.05, 0.1) is 10.9 Å². The van der Waals surface area contributed by atoms with Gasteiger partial charge in [-0.25, -0.2) is 4.98 Å². The molecule has 1 aromatic carbocycles. The lowest BCUT2D eigenvalue weighted by Gasteiger charge is -2.35. The van der Waals surface area contributed by atoms with Crippen LogP contribution in [0.3, 0.4) is 0 Å². The van der Waals surface area contributed by atoms with E-state index in [4.69, 9.17) is 4.98 Å². The highest BCUT2D eigenvalue weighted by atomic mass is 35.5. The Balaban J connectivity index is 0.000001000. The van der Waals surface area contributed by atoms with E-state index in [-0.39, 0.29) is 23.4 Å². The Morgan fingerprint density at radius 1 is 1.22 bits per heavy atom. The third kappa shape index (κ3) is 1.25. The van der Waals surface area contributed by atoms with Crippen molar-refractivity contribution in [1.29, 1.82) is 0 Å². The van der Waals surface area contributed by atoms with Crippen LogP contribution in [-0.2, 0) is 5.41 Å². The van der Waals surface area contributed by atoms with Crippen molar-refractivity contribution in [3.63, 3.8) is 0 Å². The van der Waals surface area contributed by atoms with Crippen LogP contribution in [0.25, 0.3) is 17.1 Å². The van der Waals surface area contributed by atoms with Gasteiger partial charge in [0.15, 0.2) is 0 Å². The lowest BCUT2D eigenvalue weighted by atomic mass is 9.69. The molecule has 0 N–H and O–H groups in total. The summed E-state index contributed by atoms with van der Waals surface area (Å²) in [4.78, 5) is 17.0. The van der Waals surface area contributed by atoms with Crippen molar-refractivity contribution in [3.8, 4) is 0 Å². The molecule has 0 radical (unpaired) electrons. The minimum Gasteiger partial charge on any atom is -0.271 e. The van der Waals surface area contributed by atoms with Crippen LogP contribution in [0.15, 0.2) is 35.1 Å². The lowest BCUT2D eigenvalue weighted by Crippen LogP contribution is -2.34. The third-order valence-electron chi connectivity index (χ3n) is 4.04. The van der Waals surface area contributed by atoms with Crippen molar-refractivity contribution >= 4 is 29.5 Å². The SMILES string of the molecule is Cl.O=c1c2ccccc2nc2n1C=CC21CCC1. The van der Waals surface area contributed by atoms with E-state index in [2.05, 4.69) is 6.08 Å². The molecule has 0 atom stereocenters. The number of aromatic nitrogens is 2. The highest BCUT2D eigenvalue weighted by Crippen LogP contribution is 2.46.